The summed E-state index contributed by atoms with van der Waals surface area (Å²) >= 11 is 0. The van der Waals surface area contributed by atoms with Crippen LogP contribution in [0.25, 0.3) is 0 Å². The van der Waals surface area contributed by atoms with Crippen LogP contribution in [0.1, 0.15) is 52.2 Å². The second-order valence-electron chi connectivity index (χ2n) is 7.16. The van der Waals surface area contributed by atoms with Crippen LogP contribution in [0.3, 0.4) is 0 Å². The number of hydrogen-bond acceptors (Lipinski definition) is 12. The van der Waals surface area contributed by atoms with E-state index in [9.17, 15) is 23.7 Å². The number of nitrogens with two attached hydrogens (primary N) is 1. The van der Waals surface area contributed by atoms with Crippen molar-refractivity contribution in [3.8, 4) is 0 Å². The zero-order chi connectivity index (χ0) is 23.8. The maximum Gasteiger partial charge on any atom is 0.472 e. The minimum atomic E-state index is -4.45. The van der Waals surface area contributed by atoms with Crippen molar-refractivity contribution in [3.63, 3.8) is 0 Å². The van der Waals surface area contributed by atoms with Crippen molar-refractivity contribution in [1.82, 2.24) is 21.9 Å². The molecular formula is C17H37N5O10P2. The number of nitrogens with zero attached hydrogens (tertiary/aromatic N) is 2. The first-order chi connectivity index (χ1) is 15.1. The van der Waals surface area contributed by atoms with Gasteiger partial charge in [-0.1, -0.05) is 26.7 Å². The molecule has 0 spiro atoms. The molecule has 1 aliphatic rings. The molecule has 1 aromatic heterocycles. The molecule has 2 heterocycles. The van der Waals surface area contributed by atoms with Gasteiger partial charge in [0.05, 0.1) is 19.8 Å². The van der Waals surface area contributed by atoms with E-state index < -0.39 is 46.4 Å². The largest absolute Gasteiger partial charge is 0.472 e. The molecule has 1 aliphatic heterocycles. The van der Waals surface area contributed by atoms with Crippen molar-refractivity contribution in [3.05, 3.63) is 22.7 Å². The van der Waals surface area contributed by atoms with Gasteiger partial charge in [0.1, 0.15) is 24.3 Å². The smallest absolute Gasteiger partial charge is 0.383 e. The lowest BCUT2D eigenvalue weighted by Crippen LogP contribution is -2.29. The Kier molecular flexibility index (Phi) is 14.5. The van der Waals surface area contributed by atoms with Crippen LogP contribution in [0, 0.1) is 0 Å². The second kappa shape index (κ2) is 15.0. The third-order valence-corrected chi connectivity index (χ3v) is 6.55. The van der Waals surface area contributed by atoms with Crippen LogP contribution in [-0.2, 0) is 32.0 Å². The monoisotopic (exact) mass is 533 g/mol. The molecule has 34 heavy (non-hydrogen) atoms. The lowest BCUT2D eigenvalue weighted by atomic mass is 10.2. The summed E-state index contributed by atoms with van der Waals surface area (Å²) in [6.07, 6.45) is 0.845. The Bertz CT molecular complexity index is 888. The van der Waals surface area contributed by atoms with Crippen LogP contribution in [-0.4, -0.2) is 51.4 Å². The number of unbranched alkanes of at least 4 members (excludes halogenated alkanes) is 2. The molecule has 0 bridgehead atoms. The van der Waals surface area contributed by atoms with Gasteiger partial charge in [-0.3, -0.25) is 22.7 Å². The fourth-order valence-corrected chi connectivity index (χ4v) is 4.59. The summed E-state index contributed by atoms with van der Waals surface area (Å²) in [6.45, 7) is 3.34. The van der Waals surface area contributed by atoms with Crippen molar-refractivity contribution in [2.75, 3.05) is 25.6 Å². The minimum Gasteiger partial charge on any atom is -0.383 e. The SMILES string of the molecule is CCCCOP(=O)(O)OC[C@H]1O[C@@H](n2ccc(N)nc2=O)C[C@@H]1OP(=O)(O)OCCCC.N.N. The molecule has 0 amide bonds. The lowest BCUT2D eigenvalue weighted by Gasteiger charge is -2.22. The zero-order valence-corrected chi connectivity index (χ0v) is 21.3. The van der Waals surface area contributed by atoms with E-state index >= 15 is 0 Å². The summed E-state index contributed by atoms with van der Waals surface area (Å²) in [6, 6.07) is 1.39. The number of hydrogen-bond donors (Lipinski definition) is 5. The van der Waals surface area contributed by atoms with Gasteiger partial charge in [-0.25, -0.2) is 13.9 Å². The van der Waals surface area contributed by atoms with Crippen molar-refractivity contribution in [2.45, 2.75) is 64.4 Å². The topological polar surface area (TPSA) is 252 Å². The van der Waals surface area contributed by atoms with E-state index in [1.165, 1.54) is 12.3 Å². The van der Waals surface area contributed by atoms with E-state index in [0.29, 0.717) is 12.8 Å². The fraction of sp³-hybridized carbons (Fsp3) is 0.765. The highest BCUT2D eigenvalue weighted by Crippen LogP contribution is 2.49. The molecule has 1 fully saturated rings. The van der Waals surface area contributed by atoms with E-state index in [-0.39, 0.29) is 37.8 Å². The molecule has 0 radical (unpaired) electrons. The molecule has 17 heteroatoms. The van der Waals surface area contributed by atoms with Gasteiger partial charge in [0.15, 0.2) is 0 Å². The molecule has 1 aromatic rings. The van der Waals surface area contributed by atoms with Gasteiger partial charge in [0, 0.05) is 12.6 Å². The first kappa shape index (κ1) is 32.8. The second-order valence-corrected chi connectivity index (χ2v) is 10.0. The lowest BCUT2D eigenvalue weighted by molar-refractivity contribution is -0.0468. The van der Waals surface area contributed by atoms with Gasteiger partial charge in [0.2, 0.25) is 0 Å². The molecule has 0 saturated carbocycles. The summed E-state index contributed by atoms with van der Waals surface area (Å²) in [5.41, 5.74) is 4.80. The first-order valence-electron chi connectivity index (χ1n) is 10.3. The first-order valence-corrected chi connectivity index (χ1v) is 13.3. The molecule has 10 N–H and O–H groups in total. The minimum absolute atomic E-state index is 0. The van der Waals surface area contributed by atoms with Crippen molar-refractivity contribution in [2.24, 2.45) is 0 Å². The Morgan fingerprint density at radius 2 is 1.71 bits per heavy atom. The van der Waals surface area contributed by atoms with E-state index in [4.69, 9.17) is 28.6 Å². The van der Waals surface area contributed by atoms with Crippen LogP contribution in [0.2, 0.25) is 0 Å². The Balaban J connectivity index is 0.00000544. The molecule has 0 aromatic carbocycles. The van der Waals surface area contributed by atoms with Crippen LogP contribution in [0.15, 0.2) is 17.1 Å². The summed E-state index contributed by atoms with van der Waals surface area (Å²) in [7, 11) is -8.83. The Labute approximate surface area is 198 Å². The standard InChI is InChI=1S/C17H31N3O10P2.2H3N/c1-3-5-9-26-31(22,23)28-12-14-13(30-32(24,25)27-10-6-4-2)11-16(29-14)20-8-7-15(18)19-17(20)21;;/h7-8,13-14,16H,3-6,9-12H2,1-2H3,(H,22,23)(H,24,25)(H2,18,19,21);2*1H3/t13-,14+,16+;;/m0../s1. The third kappa shape index (κ3) is 10.6. The molecule has 2 rings (SSSR count). The highest BCUT2D eigenvalue weighted by molar-refractivity contribution is 7.47. The van der Waals surface area contributed by atoms with Gasteiger partial charge >= 0.3 is 21.3 Å². The normalized spacial score (nSPS) is 23.4. The predicted molar refractivity (Wildman–Crippen MR) is 124 cm³/mol. The zero-order valence-electron chi connectivity index (χ0n) is 19.5. The van der Waals surface area contributed by atoms with Gasteiger partial charge in [-0.15, -0.1) is 0 Å². The molecule has 1 saturated heterocycles. The molecule has 200 valence electrons. The summed E-state index contributed by atoms with van der Waals surface area (Å²) in [4.78, 5) is 35.6. The molecule has 2 unspecified atom stereocenters. The highest BCUT2D eigenvalue weighted by Gasteiger charge is 2.43. The number of anilines is 1. The van der Waals surface area contributed by atoms with Gasteiger partial charge in [-0.2, -0.15) is 4.98 Å². The number of nitrogen functional groups attached to an aromatic ring is 1. The van der Waals surface area contributed by atoms with E-state index in [2.05, 4.69) is 4.98 Å². The highest BCUT2D eigenvalue weighted by atomic mass is 31.2. The van der Waals surface area contributed by atoms with E-state index in [1.807, 2.05) is 13.8 Å². The number of aromatic nitrogens is 2. The van der Waals surface area contributed by atoms with E-state index in [1.54, 1.807) is 0 Å². The van der Waals surface area contributed by atoms with Gasteiger partial charge in [0.25, 0.3) is 0 Å². The van der Waals surface area contributed by atoms with Crippen LogP contribution in [0.5, 0.6) is 0 Å². The number of phosphoric acid groups is 2. The quantitative estimate of drug-likeness (QED) is 0.170. The number of rotatable bonds is 14. The van der Waals surface area contributed by atoms with Crippen LogP contribution >= 0.6 is 15.6 Å². The summed E-state index contributed by atoms with van der Waals surface area (Å²) in [5, 5.41) is 0. The average Bonchev–Trinajstić information content (AvgIpc) is 3.08. The van der Waals surface area contributed by atoms with Gasteiger partial charge < -0.3 is 32.6 Å². The maximum absolute atomic E-state index is 12.3. The van der Waals surface area contributed by atoms with E-state index in [0.717, 1.165) is 17.4 Å². The van der Waals surface area contributed by atoms with Crippen LogP contribution < -0.4 is 23.7 Å². The molecule has 5 atom stereocenters. The number of ether oxygens (including phenoxy) is 1. The summed E-state index contributed by atoms with van der Waals surface area (Å²) < 4.78 is 51.3. The predicted octanol–water partition coefficient (Wildman–Crippen LogP) is 2.67. The Morgan fingerprint density at radius 1 is 1.12 bits per heavy atom. The van der Waals surface area contributed by atoms with Crippen molar-refractivity contribution in [1.29, 1.82) is 0 Å². The van der Waals surface area contributed by atoms with Crippen molar-refractivity contribution >= 4 is 21.5 Å². The fourth-order valence-electron chi connectivity index (χ4n) is 2.83. The van der Waals surface area contributed by atoms with Crippen molar-refractivity contribution < 1.29 is 41.7 Å². The molecule has 15 nitrogen and oxygen atoms in total. The third-order valence-electron chi connectivity index (χ3n) is 4.52. The summed E-state index contributed by atoms with van der Waals surface area (Å²) in [5.74, 6) is 0.0200. The maximum atomic E-state index is 12.3. The van der Waals surface area contributed by atoms with Crippen LogP contribution in [0.4, 0.5) is 5.82 Å². The van der Waals surface area contributed by atoms with Gasteiger partial charge in [-0.05, 0) is 18.9 Å². The molecule has 0 aliphatic carbocycles. The average molecular weight is 533 g/mol. The number of phosphoric ester groups is 2. The Hall–Kier alpha value is -1.22. The molecular weight excluding hydrogens is 496 g/mol. The Morgan fingerprint density at radius 3 is 2.26 bits per heavy atom.